The van der Waals surface area contributed by atoms with Gasteiger partial charge in [0.25, 0.3) is 15.9 Å². The molecule has 0 aliphatic rings. The normalized spacial score (nSPS) is 11.9. The minimum Gasteiger partial charge on any atom is -0.350 e. The van der Waals surface area contributed by atoms with Gasteiger partial charge in [-0.2, -0.15) is 0 Å². The van der Waals surface area contributed by atoms with Crippen LogP contribution in [0.4, 0.5) is 5.69 Å². The van der Waals surface area contributed by atoms with Gasteiger partial charge in [-0.15, -0.1) is 0 Å². The summed E-state index contributed by atoms with van der Waals surface area (Å²) in [7, 11) is -3.81. The van der Waals surface area contributed by atoms with E-state index in [2.05, 4.69) is 40.8 Å². The number of nitrogens with zero attached hydrogens (tertiary/aromatic N) is 1. The smallest absolute Gasteiger partial charge is 0.268 e. The van der Waals surface area contributed by atoms with Crippen molar-refractivity contribution < 1.29 is 13.2 Å². The zero-order valence-electron chi connectivity index (χ0n) is 22.7. The predicted octanol–water partition coefficient (Wildman–Crippen LogP) is 6.30. The molecule has 2 aromatic heterocycles. The second-order valence-electron chi connectivity index (χ2n) is 10.7. The number of amides is 1. The Bertz CT molecular complexity index is 1740. The third kappa shape index (κ3) is 5.92. The third-order valence-electron chi connectivity index (χ3n) is 6.79. The number of hydrogen-bond acceptors (Lipinski definition) is 4. The molecule has 8 heteroatoms. The molecular weight excluding hydrogens is 520 g/mol. The SMILES string of the molecule is CC(C)(C)c1ccc(S(=O)(=O)Nc2ccc3[nH]c(C(=O)NCCc4cccnc4)c(-c4ccccc4)c3c2)cc1. The van der Waals surface area contributed by atoms with E-state index in [1.807, 2.05) is 54.6 Å². The van der Waals surface area contributed by atoms with Crippen LogP contribution in [0.2, 0.25) is 0 Å². The van der Waals surface area contributed by atoms with E-state index in [9.17, 15) is 13.2 Å². The van der Waals surface area contributed by atoms with Crippen LogP contribution in [0, 0.1) is 0 Å². The number of sulfonamides is 1. The largest absolute Gasteiger partial charge is 0.350 e. The topological polar surface area (TPSA) is 104 Å². The number of anilines is 1. The molecule has 204 valence electrons. The first-order chi connectivity index (χ1) is 19.1. The summed E-state index contributed by atoms with van der Waals surface area (Å²) in [6.07, 6.45) is 4.16. The number of fused-ring (bicyclic) bond motifs is 1. The van der Waals surface area contributed by atoms with Crippen molar-refractivity contribution in [3.63, 3.8) is 0 Å². The molecule has 7 nitrogen and oxygen atoms in total. The van der Waals surface area contributed by atoms with E-state index in [4.69, 9.17) is 0 Å². The Balaban J connectivity index is 1.45. The lowest BCUT2D eigenvalue weighted by molar-refractivity contribution is 0.0950. The summed E-state index contributed by atoms with van der Waals surface area (Å²) in [5.74, 6) is -0.236. The van der Waals surface area contributed by atoms with Crippen LogP contribution in [0.3, 0.4) is 0 Å². The van der Waals surface area contributed by atoms with E-state index in [1.54, 1.807) is 42.7 Å². The molecular formula is C32H32N4O3S. The van der Waals surface area contributed by atoms with E-state index in [0.717, 1.165) is 27.6 Å². The molecule has 3 N–H and O–H groups in total. The number of H-pyrrole nitrogens is 1. The molecule has 0 saturated carbocycles. The quantitative estimate of drug-likeness (QED) is 0.210. The zero-order chi connectivity index (χ0) is 28.3. The summed E-state index contributed by atoms with van der Waals surface area (Å²) < 4.78 is 29.1. The molecule has 1 amide bonds. The van der Waals surface area contributed by atoms with Gasteiger partial charge in [0.2, 0.25) is 0 Å². The first kappa shape index (κ1) is 27.1. The maximum absolute atomic E-state index is 13.3. The molecule has 5 rings (SSSR count). The highest BCUT2D eigenvalue weighted by Crippen LogP contribution is 2.35. The van der Waals surface area contributed by atoms with E-state index in [-0.39, 0.29) is 16.2 Å². The first-order valence-electron chi connectivity index (χ1n) is 13.1. The van der Waals surface area contributed by atoms with Gasteiger partial charge in [-0.05, 0) is 64.9 Å². The van der Waals surface area contributed by atoms with Crippen LogP contribution >= 0.6 is 0 Å². The highest BCUT2D eigenvalue weighted by molar-refractivity contribution is 7.92. The van der Waals surface area contributed by atoms with Crippen molar-refractivity contribution in [2.24, 2.45) is 0 Å². The van der Waals surface area contributed by atoms with Gasteiger partial charge in [-0.25, -0.2) is 8.42 Å². The van der Waals surface area contributed by atoms with Crippen molar-refractivity contribution in [1.82, 2.24) is 15.3 Å². The monoisotopic (exact) mass is 552 g/mol. The number of nitrogens with one attached hydrogen (secondary N) is 3. The number of aromatic amines is 1. The molecule has 0 aliphatic carbocycles. The van der Waals surface area contributed by atoms with Gasteiger partial charge in [0.1, 0.15) is 5.69 Å². The van der Waals surface area contributed by atoms with Gasteiger partial charge in [0, 0.05) is 41.1 Å². The van der Waals surface area contributed by atoms with Crippen LogP contribution in [0.5, 0.6) is 0 Å². The summed E-state index contributed by atoms with van der Waals surface area (Å²) in [4.78, 5) is 20.9. The fourth-order valence-corrected chi connectivity index (χ4v) is 5.68. The summed E-state index contributed by atoms with van der Waals surface area (Å²) in [6, 6.07) is 25.6. The molecule has 5 aromatic rings. The summed E-state index contributed by atoms with van der Waals surface area (Å²) in [5, 5.41) is 3.74. The van der Waals surface area contributed by atoms with Gasteiger partial charge in [0.05, 0.1) is 4.90 Å². The van der Waals surface area contributed by atoms with Gasteiger partial charge >= 0.3 is 0 Å². The number of aromatic nitrogens is 2. The van der Waals surface area contributed by atoms with Crippen molar-refractivity contribution in [3.8, 4) is 11.1 Å². The van der Waals surface area contributed by atoms with Gasteiger partial charge in [-0.1, -0.05) is 69.3 Å². The standard InChI is InChI=1S/C32H32N4O3S/c1-32(2,3)24-11-14-26(15-12-24)40(38,39)36-25-13-16-28-27(20-25)29(23-9-5-4-6-10-23)30(35-28)31(37)34-19-17-22-8-7-18-33-21-22/h4-16,18,20-21,35-36H,17,19H2,1-3H3,(H,34,37). The fraction of sp³-hybridized carbons (Fsp3) is 0.188. The highest BCUT2D eigenvalue weighted by atomic mass is 32.2. The van der Waals surface area contributed by atoms with Crippen LogP contribution in [0.15, 0.2) is 102 Å². The van der Waals surface area contributed by atoms with Gasteiger partial charge in [-0.3, -0.25) is 14.5 Å². The molecule has 2 heterocycles. The minimum atomic E-state index is -3.81. The third-order valence-corrected chi connectivity index (χ3v) is 8.19. The molecule has 0 atom stereocenters. The van der Waals surface area contributed by atoms with Crippen molar-refractivity contribution in [1.29, 1.82) is 0 Å². The number of benzene rings is 3. The lowest BCUT2D eigenvalue weighted by Crippen LogP contribution is -2.26. The minimum absolute atomic E-state index is 0.0777. The molecule has 0 fully saturated rings. The second-order valence-corrected chi connectivity index (χ2v) is 12.4. The Morgan fingerprint density at radius 1 is 0.925 bits per heavy atom. The average Bonchev–Trinajstić information content (AvgIpc) is 3.32. The maximum atomic E-state index is 13.3. The Kier molecular flexibility index (Phi) is 7.45. The lowest BCUT2D eigenvalue weighted by Gasteiger charge is -2.19. The number of pyridine rings is 1. The number of hydrogen-bond donors (Lipinski definition) is 3. The van der Waals surface area contributed by atoms with Crippen LogP contribution < -0.4 is 10.0 Å². The molecule has 0 unspecified atom stereocenters. The van der Waals surface area contributed by atoms with Gasteiger partial charge < -0.3 is 10.3 Å². The van der Waals surface area contributed by atoms with E-state index in [1.165, 1.54) is 0 Å². The van der Waals surface area contributed by atoms with Crippen molar-refractivity contribution in [2.75, 3.05) is 11.3 Å². The summed E-state index contributed by atoms with van der Waals surface area (Å²) in [6.45, 7) is 6.70. The van der Waals surface area contributed by atoms with Crippen LogP contribution in [0.25, 0.3) is 22.0 Å². The molecule has 0 aliphatic heterocycles. The number of rotatable bonds is 8. The molecule has 3 aromatic carbocycles. The van der Waals surface area contributed by atoms with Crippen molar-refractivity contribution >= 4 is 32.5 Å². The molecule has 40 heavy (non-hydrogen) atoms. The Morgan fingerprint density at radius 2 is 1.68 bits per heavy atom. The number of carbonyl (C=O) groups excluding carboxylic acids is 1. The molecule has 0 radical (unpaired) electrons. The zero-order valence-corrected chi connectivity index (χ0v) is 23.5. The number of carbonyl (C=O) groups is 1. The van der Waals surface area contributed by atoms with Crippen LogP contribution in [0.1, 0.15) is 42.4 Å². The van der Waals surface area contributed by atoms with E-state index >= 15 is 0 Å². The van der Waals surface area contributed by atoms with E-state index in [0.29, 0.717) is 29.9 Å². The van der Waals surface area contributed by atoms with Crippen molar-refractivity contribution in [3.05, 3.63) is 114 Å². The maximum Gasteiger partial charge on any atom is 0.268 e. The Morgan fingerprint density at radius 3 is 2.35 bits per heavy atom. The van der Waals surface area contributed by atoms with Crippen molar-refractivity contribution in [2.45, 2.75) is 37.5 Å². The lowest BCUT2D eigenvalue weighted by atomic mass is 9.87. The molecule has 0 bridgehead atoms. The van der Waals surface area contributed by atoms with Gasteiger partial charge in [0.15, 0.2) is 0 Å². The summed E-state index contributed by atoms with van der Waals surface area (Å²) >= 11 is 0. The predicted molar refractivity (Wildman–Crippen MR) is 160 cm³/mol. The van der Waals surface area contributed by atoms with Crippen LogP contribution in [-0.4, -0.2) is 30.8 Å². The fourth-order valence-electron chi connectivity index (χ4n) is 4.63. The second kappa shape index (κ2) is 11.0. The summed E-state index contributed by atoms with van der Waals surface area (Å²) in [5.41, 5.74) is 5.14. The first-order valence-corrected chi connectivity index (χ1v) is 14.6. The highest BCUT2D eigenvalue weighted by Gasteiger charge is 2.21. The average molecular weight is 553 g/mol. The Labute approximate surface area is 234 Å². The van der Waals surface area contributed by atoms with Crippen LogP contribution in [-0.2, 0) is 21.9 Å². The molecule has 0 saturated heterocycles. The van der Waals surface area contributed by atoms with E-state index < -0.39 is 10.0 Å². The molecule has 0 spiro atoms. The Hall–Kier alpha value is -4.43.